The lowest BCUT2D eigenvalue weighted by atomic mass is 10.1. The zero-order chi connectivity index (χ0) is 20.4. The van der Waals surface area contributed by atoms with Gasteiger partial charge in [-0.05, 0) is 26.8 Å². The zero-order valence-corrected chi connectivity index (χ0v) is 17.3. The van der Waals surface area contributed by atoms with Crippen molar-refractivity contribution in [1.29, 1.82) is 0 Å². The number of hydrogen-bond acceptors (Lipinski definition) is 5. The summed E-state index contributed by atoms with van der Waals surface area (Å²) in [6.07, 6.45) is -0.179. The first-order valence-corrected chi connectivity index (χ1v) is 10.2. The van der Waals surface area contributed by atoms with Crippen LogP contribution in [0, 0.1) is 6.92 Å². The van der Waals surface area contributed by atoms with E-state index in [2.05, 4.69) is 4.98 Å². The first-order chi connectivity index (χ1) is 14.0. The Bertz CT molecular complexity index is 1130. The van der Waals surface area contributed by atoms with Crippen molar-refractivity contribution in [1.82, 2.24) is 14.8 Å². The summed E-state index contributed by atoms with van der Waals surface area (Å²) in [5, 5.41) is 5.45. The minimum atomic E-state index is -0.349. The molecular weight excluding hydrogens is 382 g/mol. The van der Waals surface area contributed by atoms with Crippen molar-refractivity contribution in [2.24, 2.45) is 0 Å². The average Bonchev–Trinajstić information content (AvgIpc) is 3.33. The molecule has 0 radical (unpaired) electrons. The second-order valence-electron chi connectivity index (χ2n) is 6.92. The summed E-state index contributed by atoms with van der Waals surface area (Å²) < 4.78 is 7.16. The maximum absolute atomic E-state index is 12.4. The van der Waals surface area contributed by atoms with Gasteiger partial charge in [-0.2, -0.15) is 5.10 Å². The number of thiazole rings is 1. The molecule has 0 fully saturated rings. The molecule has 0 spiro atoms. The van der Waals surface area contributed by atoms with E-state index in [1.165, 1.54) is 11.3 Å². The molecule has 4 rings (SSSR count). The van der Waals surface area contributed by atoms with Gasteiger partial charge >= 0.3 is 5.97 Å². The van der Waals surface area contributed by atoms with Gasteiger partial charge in [-0.25, -0.2) is 14.5 Å². The van der Waals surface area contributed by atoms with Crippen molar-refractivity contribution in [3.8, 4) is 27.6 Å². The molecule has 29 heavy (non-hydrogen) atoms. The van der Waals surface area contributed by atoms with Gasteiger partial charge in [0.25, 0.3) is 0 Å². The highest BCUT2D eigenvalue weighted by atomic mass is 32.1. The van der Waals surface area contributed by atoms with Gasteiger partial charge in [0.15, 0.2) is 0 Å². The monoisotopic (exact) mass is 403 g/mol. The molecule has 0 atom stereocenters. The van der Waals surface area contributed by atoms with Crippen LogP contribution in [-0.4, -0.2) is 26.8 Å². The van der Waals surface area contributed by atoms with Crippen molar-refractivity contribution in [2.45, 2.75) is 26.9 Å². The number of aryl methyl sites for hydroxylation is 1. The van der Waals surface area contributed by atoms with Crippen LogP contribution < -0.4 is 0 Å². The second-order valence-corrected chi connectivity index (χ2v) is 7.90. The molecule has 4 aromatic rings. The van der Waals surface area contributed by atoms with Crippen molar-refractivity contribution in [2.75, 3.05) is 0 Å². The summed E-state index contributed by atoms with van der Waals surface area (Å²) in [5.41, 5.74) is 4.47. The Labute approximate surface area is 173 Å². The summed E-state index contributed by atoms with van der Waals surface area (Å²) in [6, 6.07) is 22.1. The number of esters is 1. The summed E-state index contributed by atoms with van der Waals surface area (Å²) in [4.78, 5) is 17.5. The van der Waals surface area contributed by atoms with Crippen molar-refractivity contribution in [3.05, 3.63) is 77.3 Å². The highest BCUT2D eigenvalue weighted by Crippen LogP contribution is 2.31. The fourth-order valence-corrected chi connectivity index (χ4v) is 3.94. The summed E-state index contributed by atoms with van der Waals surface area (Å²) >= 11 is 1.29. The molecule has 0 saturated heterocycles. The predicted octanol–water partition coefficient (Wildman–Crippen LogP) is 5.54. The van der Waals surface area contributed by atoms with E-state index >= 15 is 0 Å². The third-order valence-electron chi connectivity index (χ3n) is 4.34. The number of rotatable bonds is 5. The van der Waals surface area contributed by atoms with Gasteiger partial charge in [-0.1, -0.05) is 72.0 Å². The van der Waals surface area contributed by atoms with Crippen LogP contribution in [0.4, 0.5) is 0 Å². The fourth-order valence-electron chi connectivity index (χ4n) is 3.02. The molecule has 0 amide bonds. The van der Waals surface area contributed by atoms with Gasteiger partial charge in [0.1, 0.15) is 4.88 Å². The number of benzene rings is 2. The van der Waals surface area contributed by atoms with E-state index in [1.54, 1.807) is 0 Å². The molecule has 146 valence electrons. The van der Waals surface area contributed by atoms with E-state index in [0.717, 1.165) is 22.5 Å². The van der Waals surface area contributed by atoms with Crippen LogP contribution in [0.25, 0.3) is 27.6 Å². The van der Waals surface area contributed by atoms with Crippen LogP contribution in [0.3, 0.4) is 0 Å². The number of hydrogen-bond donors (Lipinski definition) is 0. The Morgan fingerprint density at radius 1 is 1.00 bits per heavy atom. The summed E-state index contributed by atoms with van der Waals surface area (Å²) in [5.74, 6) is -0.349. The van der Waals surface area contributed by atoms with Crippen LogP contribution in [-0.2, 0) is 4.74 Å². The molecule has 0 aliphatic rings. The number of aromatic nitrogens is 3. The molecular formula is C23H21N3O2S. The van der Waals surface area contributed by atoms with E-state index in [9.17, 15) is 4.79 Å². The largest absolute Gasteiger partial charge is 0.459 e. The van der Waals surface area contributed by atoms with Crippen LogP contribution in [0.2, 0.25) is 0 Å². The lowest BCUT2D eigenvalue weighted by molar-refractivity contribution is 0.0382. The van der Waals surface area contributed by atoms with E-state index in [4.69, 9.17) is 9.84 Å². The highest BCUT2D eigenvalue weighted by Gasteiger charge is 2.21. The number of ether oxygens (including phenoxy) is 1. The summed E-state index contributed by atoms with van der Waals surface area (Å²) in [6.45, 7) is 5.49. The van der Waals surface area contributed by atoms with Gasteiger partial charge < -0.3 is 4.74 Å². The minimum Gasteiger partial charge on any atom is -0.459 e. The molecule has 6 heteroatoms. The molecule has 0 aliphatic carbocycles. The number of carbonyl (C=O) groups is 1. The van der Waals surface area contributed by atoms with Gasteiger partial charge in [-0.3, -0.25) is 0 Å². The normalized spacial score (nSPS) is 11.0. The minimum absolute atomic E-state index is 0.179. The van der Waals surface area contributed by atoms with Gasteiger partial charge in [0, 0.05) is 11.1 Å². The topological polar surface area (TPSA) is 57.0 Å². The van der Waals surface area contributed by atoms with E-state index in [1.807, 2.05) is 92.2 Å². The van der Waals surface area contributed by atoms with Crippen molar-refractivity contribution < 1.29 is 9.53 Å². The lowest BCUT2D eigenvalue weighted by Crippen LogP contribution is -2.11. The van der Waals surface area contributed by atoms with Crippen LogP contribution in [0.1, 0.15) is 29.2 Å². The lowest BCUT2D eigenvalue weighted by Gasteiger charge is -2.06. The van der Waals surface area contributed by atoms with Crippen molar-refractivity contribution in [3.63, 3.8) is 0 Å². The van der Waals surface area contributed by atoms with Crippen LogP contribution >= 0.6 is 11.3 Å². The molecule has 0 N–H and O–H groups in total. The maximum atomic E-state index is 12.4. The Hall–Kier alpha value is -3.25. The first kappa shape index (κ1) is 19.1. The number of nitrogens with zero attached hydrogens (tertiary/aromatic N) is 3. The Kier molecular flexibility index (Phi) is 5.27. The zero-order valence-electron chi connectivity index (χ0n) is 16.5. The maximum Gasteiger partial charge on any atom is 0.350 e. The molecule has 5 nitrogen and oxygen atoms in total. The molecule has 0 bridgehead atoms. The fraction of sp³-hybridized carbons (Fsp3) is 0.174. The molecule has 0 saturated carbocycles. The standard InChI is InChI=1S/C23H21N3O2S/c1-15(2)28-22(27)21-16(3)24-23(29-21)26-20(18-12-8-5-9-13-18)14-19(25-26)17-10-6-4-7-11-17/h4-15H,1-3H3. The third-order valence-corrected chi connectivity index (χ3v) is 5.46. The van der Waals surface area contributed by atoms with Gasteiger partial charge in [-0.15, -0.1) is 0 Å². The van der Waals surface area contributed by atoms with Crippen LogP contribution in [0.5, 0.6) is 0 Å². The summed E-state index contributed by atoms with van der Waals surface area (Å²) in [7, 11) is 0. The molecule has 2 heterocycles. The molecule has 0 unspecified atom stereocenters. The molecule has 2 aromatic carbocycles. The predicted molar refractivity (Wildman–Crippen MR) is 115 cm³/mol. The van der Waals surface area contributed by atoms with Crippen molar-refractivity contribution >= 4 is 17.3 Å². The Morgan fingerprint density at radius 2 is 1.62 bits per heavy atom. The van der Waals surface area contributed by atoms with Crippen LogP contribution in [0.15, 0.2) is 66.7 Å². The smallest absolute Gasteiger partial charge is 0.350 e. The Balaban J connectivity index is 1.83. The first-order valence-electron chi connectivity index (χ1n) is 9.42. The second kappa shape index (κ2) is 8.01. The van der Waals surface area contributed by atoms with Gasteiger partial charge in [0.2, 0.25) is 5.13 Å². The van der Waals surface area contributed by atoms with E-state index in [0.29, 0.717) is 15.7 Å². The highest BCUT2D eigenvalue weighted by molar-refractivity contribution is 7.16. The van der Waals surface area contributed by atoms with Gasteiger partial charge in [0.05, 0.1) is 23.2 Å². The Morgan fingerprint density at radius 3 is 2.24 bits per heavy atom. The SMILES string of the molecule is Cc1nc(-n2nc(-c3ccccc3)cc2-c2ccccc2)sc1C(=O)OC(C)C. The van der Waals surface area contributed by atoms with E-state index in [-0.39, 0.29) is 12.1 Å². The molecule has 0 aliphatic heterocycles. The average molecular weight is 404 g/mol. The number of carbonyl (C=O) groups excluding carboxylic acids is 1. The quantitative estimate of drug-likeness (QED) is 0.411. The third kappa shape index (κ3) is 3.98. The van der Waals surface area contributed by atoms with E-state index < -0.39 is 0 Å². The molecule has 2 aromatic heterocycles.